The topological polar surface area (TPSA) is 106 Å². The number of fused-ring (bicyclic) bond motifs is 1. The summed E-state index contributed by atoms with van der Waals surface area (Å²) in [5.41, 5.74) is 0.329. The first-order chi connectivity index (χ1) is 13.8. The SMILES string of the molecule is CCOC(=O)N1CCN(C(=O)CN(c2ccc3c(c2)OCCO3)S(C)(=O)=O)CC1. The highest BCUT2D eigenvalue weighted by molar-refractivity contribution is 7.92. The maximum atomic E-state index is 12.7. The predicted molar refractivity (Wildman–Crippen MR) is 105 cm³/mol. The Kier molecular flexibility index (Phi) is 6.36. The lowest BCUT2D eigenvalue weighted by molar-refractivity contribution is -0.131. The number of nitrogens with zero attached hydrogens (tertiary/aromatic N) is 3. The molecule has 160 valence electrons. The fraction of sp³-hybridized carbons (Fsp3) is 0.556. The molecule has 29 heavy (non-hydrogen) atoms. The van der Waals surface area contributed by atoms with Crippen molar-refractivity contribution >= 4 is 27.7 Å². The molecule has 0 bridgehead atoms. The van der Waals surface area contributed by atoms with Crippen LogP contribution in [0.4, 0.5) is 10.5 Å². The highest BCUT2D eigenvalue weighted by Crippen LogP contribution is 2.34. The van der Waals surface area contributed by atoms with E-state index in [0.717, 1.165) is 10.6 Å². The van der Waals surface area contributed by atoms with Gasteiger partial charge >= 0.3 is 6.09 Å². The van der Waals surface area contributed by atoms with Crippen LogP contribution < -0.4 is 13.8 Å². The Morgan fingerprint density at radius 3 is 2.31 bits per heavy atom. The fourth-order valence-electron chi connectivity index (χ4n) is 3.16. The van der Waals surface area contributed by atoms with Gasteiger partial charge < -0.3 is 24.0 Å². The number of hydrogen-bond acceptors (Lipinski definition) is 7. The second-order valence-corrected chi connectivity index (χ2v) is 8.57. The number of amides is 2. The van der Waals surface area contributed by atoms with Gasteiger partial charge in [-0.15, -0.1) is 0 Å². The Morgan fingerprint density at radius 2 is 1.69 bits per heavy atom. The van der Waals surface area contributed by atoms with Gasteiger partial charge in [0.25, 0.3) is 0 Å². The maximum absolute atomic E-state index is 12.7. The molecule has 0 aliphatic carbocycles. The van der Waals surface area contributed by atoms with Crippen LogP contribution in [0.1, 0.15) is 6.92 Å². The molecular formula is C18H25N3O7S. The molecule has 0 N–H and O–H groups in total. The molecule has 1 fully saturated rings. The summed E-state index contributed by atoms with van der Waals surface area (Å²) < 4.78 is 41.7. The first-order valence-electron chi connectivity index (χ1n) is 9.36. The minimum atomic E-state index is -3.70. The van der Waals surface area contributed by atoms with Crippen molar-refractivity contribution in [2.24, 2.45) is 0 Å². The molecule has 0 radical (unpaired) electrons. The highest BCUT2D eigenvalue weighted by atomic mass is 32.2. The van der Waals surface area contributed by atoms with E-state index in [2.05, 4.69) is 0 Å². The van der Waals surface area contributed by atoms with Crippen LogP contribution in [0.3, 0.4) is 0 Å². The zero-order valence-electron chi connectivity index (χ0n) is 16.5. The van der Waals surface area contributed by atoms with E-state index < -0.39 is 16.1 Å². The van der Waals surface area contributed by atoms with Crippen molar-refractivity contribution in [2.45, 2.75) is 6.92 Å². The van der Waals surface area contributed by atoms with Crippen LogP contribution in [0, 0.1) is 0 Å². The summed E-state index contributed by atoms with van der Waals surface area (Å²) in [7, 11) is -3.70. The van der Waals surface area contributed by atoms with Crippen molar-refractivity contribution in [3.8, 4) is 11.5 Å². The largest absolute Gasteiger partial charge is 0.486 e. The van der Waals surface area contributed by atoms with Gasteiger partial charge in [0.05, 0.1) is 18.6 Å². The minimum absolute atomic E-state index is 0.289. The van der Waals surface area contributed by atoms with Crippen molar-refractivity contribution in [2.75, 3.05) is 63.1 Å². The Labute approximate surface area is 170 Å². The van der Waals surface area contributed by atoms with Gasteiger partial charge in [0, 0.05) is 32.2 Å². The monoisotopic (exact) mass is 427 g/mol. The molecule has 2 aliphatic heterocycles. The number of carbonyl (C=O) groups is 2. The Hall–Kier alpha value is -2.69. The van der Waals surface area contributed by atoms with Crippen molar-refractivity contribution in [3.63, 3.8) is 0 Å². The smallest absolute Gasteiger partial charge is 0.409 e. The van der Waals surface area contributed by atoms with Gasteiger partial charge in [-0.3, -0.25) is 9.10 Å². The summed E-state index contributed by atoms with van der Waals surface area (Å²) >= 11 is 0. The third-order valence-corrected chi connectivity index (χ3v) is 5.79. The van der Waals surface area contributed by atoms with Gasteiger partial charge in [-0.2, -0.15) is 0 Å². The van der Waals surface area contributed by atoms with Crippen LogP contribution in [-0.4, -0.2) is 89.0 Å². The number of ether oxygens (including phenoxy) is 3. The van der Waals surface area contributed by atoms with Crippen LogP contribution in [0.5, 0.6) is 11.5 Å². The molecule has 2 heterocycles. The quantitative estimate of drug-likeness (QED) is 0.675. The maximum Gasteiger partial charge on any atom is 0.409 e. The van der Waals surface area contributed by atoms with E-state index in [9.17, 15) is 18.0 Å². The van der Waals surface area contributed by atoms with Gasteiger partial charge in [-0.25, -0.2) is 13.2 Å². The number of sulfonamides is 1. The normalized spacial score (nSPS) is 16.3. The second-order valence-electron chi connectivity index (χ2n) is 6.66. The number of hydrogen-bond donors (Lipinski definition) is 0. The fourth-order valence-corrected chi connectivity index (χ4v) is 4.00. The molecule has 10 nitrogen and oxygen atoms in total. The van der Waals surface area contributed by atoms with Crippen molar-refractivity contribution < 1.29 is 32.2 Å². The van der Waals surface area contributed by atoms with E-state index in [1.165, 1.54) is 4.90 Å². The van der Waals surface area contributed by atoms with E-state index in [-0.39, 0.29) is 19.1 Å². The molecule has 0 atom stereocenters. The zero-order valence-corrected chi connectivity index (χ0v) is 17.3. The lowest BCUT2D eigenvalue weighted by atomic mass is 10.2. The van der Waals surface area contributed by atoms with Crippen molar-refractivity contribution in [3.05, 3.63) is 18.2 Å². The number of rotatable bonds is 5. The summed E-state index contributed by atoms with van der Waals surface area (Å²) in [4.78, 5) is 27.6. The molecular weight excluding hydrogens is 402 g/mol. The van der Waals surface area contributed by atoms with Crippen molar-refractivity contribution in [1.82, 2.24) is 9.80 Å². The minimum Gasteiger partial charge on any atom is -0.486 e. The average Bonchev–Trinajstić information content (AvgIpc) is 2.71. The van der Waals surface area contributed by atoms with E-state index in [4.69, 9.17) is 14.2 Å². The van der Waals surface area contributed by atoms with E-state index >= 15 is 0 Å². The van der Waals surface area contributed by atoms with Gasteiger partial charge in [0.2, 0.25) is 15.9 Å². The zero-order chi connectivity index (χ0) is 21.0. The summed E-state index contributed by atoms with van der Waals surface area (Å²) in [6, 6.07) is 4.77. The van der Waals surface area contributed by atoms with Crippen LogP contribution in [0.25, 0.3) is 0 Å². The molecule has 0 saturated carbocycles. The van der Waals surface area contributed by atoms with E-state index in [0.29, 0.717) is 56.6 Å². The summed E-state index contributed by atoms with van der Waals surface area (Å²) in [6.07, 6.45) is 0.643. The van der Waals surface area contributed by atoms with Crippen molar-refractivity contribution in [1.29, 1.82) is 0 Å². The molecule has 2 amide bonds. The average molecular weight is 427 g/mol. The van der Waals surface area contributed by atoms with Gasteiger partial charge in [0.15, 0.2) is 11.5 Å². The molecule has 2 aliphatic rings. The molecule has 0 aromatic heterocycles. The number of piperazine rings is 1. The predicted octanol–water partition coefficient (Wildman–Crippen LogP) is 0.525. The van der Waals surface area contributed by atoms with Crippen LogP contribution in [-0.2, 0) is 19.6 Å². The summed E-state index contributed by atoms with van der Waals surface area (Å²) in [6.45, 7) is 3.80. The van der Waals surface area contributed by atoms with Crippen LogP contribution >= 0.6 is 0 Å². The molecule has 3 rings (SSSR count). The second kappa shape index (κ2) is 8.76. The molecule has 1 saturated heterocycles. The van der Waals surface area contributed by atoms with Gasteiger partial charge in [-0.1, -0.05) is 0 Å². The first-order valence-corrected chi connectivity index (χ1v) is 11.2. The van der Waals surface area contributed by atoms with Crippen LogP contribution in [0.2, 0.25) is 0 Å². The molecule has 0 unspecified atom stereocenters. The summed E-state index contributed by atoms with van der Waals surface area (Å²) in [5.74, 6) is 0.640. The molecule has 1 aromatic rings. The third-order valence-electron chi connectivity index (χ3n) is 4.65. The highest BCUT2D eigenvalue weighted by Gasteiger charge is 2.29. The molecule has 1 aromatic carbocycles. The standard InChI is InChI=1S/C18H25N3O7S/c1-3-26-18(23)20-8-6-19(7-9-20)17(22)13-21(29(2,24)25)14-4-5-15-16(12-14)28-11-10-27-15/h4-5,12H,3,6-11,13H2,1-2H3. The Balaban J connectivity index is 1.69. The summed E-state index contributed by atoms with van der Waals surface area (Å²) in [5, 5.41) is 0. The van der Waals surface area contributed by atoms with Crippen LogP contribution in [0.15, 0.2) is 18.2 Å². The lowest BCUT2D eigenvalue weighted by Crippen LogP contribution is -2.53. The lowest BCUT2D eigenvalue weighted by Gasteiger charge is -2.35. The Morgan fingerprint density at radius 1 is 1.07 bits per heavy atom. The third kappa shape index (κ3) is 5.03. The molecule has 11 heteroatoms. The Bertz CT molecular complexity index is 866. The first kappa shape index (κ1) is 21.0. The van der Waals surface area contributed by atoms with E-state index in [1.54, 1.807) is 30.0 Å². The number of anilines is 1. The van der Waals surface area contributed by atoms with E-state index in [1.807, 2.05) is 0 Å². The molecule has 0 spiro atoms. The number of carbonyl (C=O) groups excluding carboxylic acids is 2. The van der Waals surface area contributed by atoms with Gasteiger partial charge in [0.1, 0.15) is 19.8 Å². The van der Waals surface area contributed by atoms with Gasteiger partial charge in [-0.05, 0) is 19.1 Å². The number of benzene rings is 1.